The van der Waals surface area contributed by atoms with E-state index in [4.69, 9.17) is 0 Å². The lowest BCUT2D eigenvalue weighted by molar-refractivity contribution is -0.121. The zero-order chi connectivity index (χ0) is 16.4. The van der Waals surface area contributed by atoms with Crippen molar-refractivity contribution in [1.29, 1.82) is 0 Å². The Hall–Kier alpha value is -2.57. The van der Waals surface area contributed by atoms with Crippen LogP contribution in [0.1, 0.15) is 12.5 Å². The van der Waals surface area contributed by atoms with Crippen molar-refractivity contribution >= 4 is 23.5 Å². The molecular formula is C16H20N4O3. The van der Waals surface area contributed by atoms with Crippen LogP contribution in [0.5, 0.6) is 0 Å². The number of imide groups is 1. The standard InChI is InChI=1S/C16H20N4O3/c1-11-8-12-4-2-3-5-13(12)20(11)7-6-17-14(21)9-19-10-15(22)18-16(19)23/h2-5,11H,6-10H2,1H3,(H,17,21)(H,18,22,23). The molecule has 1 aromatic rings. The van der Waals surface area contributed by atoms with Crippen molar-refractivity contribution in [3.63, 3.8) is 0 Å². The van der Waals surface area contributed by atoms with E-state index in [9.17, 15) is 14.4 Å². The second-order valence-electron chi connectivity index (χ2n) is 5.93. The first-order valence-corrected chi connectivity index (χ1v) is 7.74. The maximum atomic E-state index is 11.9. The molecule has 1 saturated heterocycles. The molecule has 23 heavy (non-hydrogen) atoms. The zero-order valence-corrected chi connectivity index (χ0v) is 13.0. The normalized spacial score (nSPS) is 19.8. The van der Waals surface area contributed by atoms with Crippen LogP contribution in [-0.4, -0.2) is 55.0 Å². The highest BCUT2D eigenvalue weighted by Crippen LogP contribution is 2.31. The van der Waals surface area contributed by atoms with Gasteiger partial charge in [-0.25, -0.2) is 4.79 Å². The molecule has 1 fully saturated rings. The van der Waals surface area contributed by atoms with Crippen LogP contribution < -0.4 is 15.5 Å². The van der Waals surface area contributed by atoms with Crippen LogP contribution in [0.2, 0.25) is 0 Å². The van der Waals surface area contributed by atoms with Crippen LogP contribution in [-0.2, 0) is 16.0 Å². The number of nitrogens with one attached hydrogen (secondary N) is 2. The van der Waals surface area contributed by atoms with Crippen LogP contribution in [0, 0.1) is 0 Å². The molecule has 0 spiro atoms. The summed E-state index contributed by atoms with van der Waals surface area (Å²) in [5.41, 5.74) is 2.55. The fourth-order valence-electron chi connectivity index (χ4n) is 3.13. The summed E-state index contributed by atoms with van der Waals surface area (Å²) < 4.78 is 0. The van der Waals surface area contributed by atoms with E-state index in [0.29, 0.717) is 12.6 Å². The fourth-order valence-corrected chi connectivity index (χ4v) is 3.13. The number of nitrogens with zero attached hydrogens (tertiary/aromatic N) is 2. The largest absolute Gasteiger partial charge is 0.367 e. The maximum absolute atomic E-state index is 11.9. The van der Waals surface area contributed by atoms with Crippen molar-refractivity contribution in [2.75, 3.05) is 31.1 Å². The topological polar surface area (TPSA) is 81.8 Å². The first-order chi connectivity index (χ1) is 11.0. The van der Waals surface area contributed by atoms with Crippen LogP contribution >= 0.6 is 0 Å². The summed E-state index contributed by atoms with van der Waals surface area (Å²) in [4.78, 5) is 37.8. The number of para-hydroxylation sites is 1. The summed E-state index contributed by atoms with van der Waals surface area (Å²) in [5, 5.41) is 4.96. The first-order valence-electron chi connectivity index (χ1n) is 7.74. The van der Waals surface area contributed by atoms with E-state index in [2.05, 4.69) is 34.6 Å². The minimum Gasteiger partial charge on any atom is -0.367 e. The second kappa shape index (κ2) is 6.28. The van der Waals surface area contributed by atoms with Crippen molar-refractivity contribution in [1.82, 2.24) is 15.5 Å². The number of urea groups is 1. The smallest absolute Gasteiger partial charge is 0.325 e. The van der Waals surface area contributed by atoms with E-state index in [-0.39, 0.29) is 24.9 Å². The lowest BCUT2D eigenvalue weighted by Gasteiger charge is -2.25. The van der Waals surface area contributed by atoms with Gasteiger partial charge >= 0.3 is 6.03 Å². The van der Waals surface area contributed by atoms with E-state index in [0.717, 1.165) is 13.0 Å². The minimum atomic E-state index is -0.507. The number of hydrogen-bond donors (Lipinski definition) is 2. The summed E-state index contributed by atoms with van der Waals surface area (Å²) in [7, 11) is 0. The third-order valence-corrected chi connectivity index (χ3v) is 4.23. The zero-order valence-electron chi connectivity index (χ0n) is 13.0. The van der Waals surface area contributed by atoms with Gasteiger partial charge in [-0.05, 0) is 25.0 Å². The van der Waals surface area contributed by atoms with E-state index in [1.54, 1.807) is 0 Å². The number of carbonyl (C=O) groups excluding carboxylic acids is 3. The molecule has 2 aliphatic heterocycles. The number of carbonyl (C=O) groups is 3. The summed E-state index contributed by atoms with van der Waals surface area (Å²) in [6.07, 6.45) is 1.01. The molecular weight excluding hydrogens is 296 g/mol. The van der Waals surface area contributed by atoms with Gasteiger partial charge in [0, 0.05) is 24.8 Å². The van der Waals surface area contributed by atoms with Crippen LogP contribution in [0.3, 0.4) is 0 Å². The number of anilines is 1. The average Bonchev–Trinajstić information content (AvgIpc) is 2.98. The predicted octanol–water partition coefficient (Wildman–Crippen LogP) is 0.106. The van der Waals surface area contributed by atoms with Gasteiger partial charge in [0.1, 0.15) is 13.1 Å². The molecule has 122 valence electrons. The number of benzene rings is 1. The highest BCUT2D eigenvalue weighted by atomic mass is 16.2. The van der Waals surface area contributed by atoms with Gasteiger partial charge in [0.25, 0.3) is 0 Å². The molecule has 2 N–H and O–H groups in total. The fraction of sp³-hybridized carbons (Fsp3) is 0.438. The molecule has 7 nitrogen and oxygen atoms in total. The molecule has 7 heteroatoms. The van der Waals surface area contributed by atoms with Crippen molar-refractivity contribution in [2.45, 2.75) is 19.4 Å². The molecule has 0 aromatic heterocycles. The van der Waals surface area contributed by atoms with Crippen molar-refractivity contribution in [2.24, 2.45) is 0 Å². The first kappa shape index (κ1) is 15.3. The Bertz CT molecular complexity index is 646. The Morgan fingerprint density at radius 2 is 2.13 bits per heavy atom. The van der Waals surface area contributed by atoms with Gasteiger partial charge in [-0.15, -0.1) is 0 Å². The Kier molecular flexibility index (Phi) is 4.18. The van der Waals surface area contributed by atoms with Crippen molar-refractivity contribution < 1.29 is 14.4 Å². The van der Waals surface area contributed by atoms with E-state index >= 15 is 0 Å². The van der Waals surface area contributed by atoms with Gasteiger partial charge in [0.05, 0.1) is 0 Å². The summed E-state index contributed by atoms with van der Waals surface area (Å²) in [6, 6.07) is 8.19. The van der Waals surface area contributed by atoms with Crippen molar-refractivity contribution in [3.05, 3.63) is 29.8 Å². The molecule has 1 aromatic carbocycles. The molecule has 2 heterocycles. The lowest BCUT2D eigenvalue weighted by Crippen LogP contribution is -2.42. The van der Waals surface area contributed by atoms with Gasteiger partial charge in [0.2, 0.25) is 11.8 Å². The second-order valence-corrected chi connectivity index (χ2v) is 5.93. The van der Waals surface area contributed by atoms with Crippen LogP contribution in [0.25, 0.3) is 0 Å². The highest BCUT2D eigenvalue weighted by Gasteiger charge is 2.28. The lowest BCUT2D eigenvalue weighted by atomic mass is 10.1. The molecule has 2 aliphatic rings. The molecule has 1 atom stereocenters. The van der Waals surface area contributed by atoms with Gasteiger partial charge < -0.3 is 15.1 Å². The molecule has 0 bridgehead atoms. The average molecular weight is 316 g/mol. The monoisotopic (exact) mass is 316 g/mol. The van der Waals surface area contributed by atoms with Gasteiger partial charge in [-0.3, -0.25) is 14.9 Å². The molecule has 4 amide bonds. The van der Waals surface area contributed by atoms with E-state index in [1.807, 2.05) is 12.1 Å². The number of rotatable bonds is 5. The summed E-state index contributed by atoms with van der Waals surface area (Å²) in [6.45, 7) is 3.24. The highest BCUT2D eigenvalue weighted by molar-refractivity contribution is 6.03. The Morgan fingerprint density at radius 3 is 2.87 bits per heavy atom. The van der Waals surface area contributed by atoms with Crippen molar-refractivity contribution in [3.8, 4) is 0 Å². The SMILES string of the molecule is CC1Cc2ccccc2N1CCNC(=O)CN1CC(=O)NC1=O. The molecule has 0 saturated carbocycles. The quantitative estimate of drug-likeness (QED) is 0.755. The number of fused-ring (bicyclic) bond motifs is 1. The predicted molar refractivity (Wildman–Crippen MR) is 85.1 cm³/mol. The van der Waals surface area contributed by atoms with Gasteiger partial charge in [-0.1, -0.05) is 18.2 Å². The van der Waals surface area contributed by atoms with Crippen LogP contribution in [0.15, 0.2) is 24.3 Å². The van der Waals surface area contributed by atoms with E-state index < -0.39 is 6.03 Å². The number of hydrogen-bond acceptors (Lipinski definition) is 4. The maximum Gasteiger partial charge on any atom is 0.325 e. The summed E-state index contributed by atoms with van der Waals surface area (Å²) in [5.74, 6) is -0.625. The van der Waals surface area contributed by atoms with E-state index in [1.165, 1.54) is 16.2 Å². The summed E-state index contributed by atoms with van der Waals surface area (Å²) >= 11 is 0. The molecule has 1 unspecified atom stereocenters. The molecule has 0 radical (unpaired) electrons. The molecule has 0 aliphatic carbocycles. The molecule has 3 rings (SSSR count). The third kappa shape index (κ3) is 3.28. The van der Waals surface area contributed by atoms with Gasteiger partial charge in [-0.2, -0.15) is 0 Å². The third-order valence-electron chi connectivity index (χ3n) is 4.23. The Morgan fingerprint density at radius 1 is 1.35 bits per heavy atom. The Labute approximate surface area is 134 Å². The van der Waals surface area contributed by atoms with Gasteiger partial charge in [0.15, 0.2) is 0 Å². The Balaban J connectivity index is 1.47. The minimum absolute atomic E-state index is 0.0528. The number of amides is 4. The van der Waals surface area contributed by atoms with Crippen LogP contribution in [0.4, 0.5) is 10.5 Å².